The molecule has 2 fully saturated rings. The van der Waals surface area contributed by atoms with Gasteiger partial charge in [0.25, 0.3) is 11.7 Å². The summed E-state index contributed by atoms with van der Waals surface area (Å²) in [6.45, 7) is 4.34. The van der Waals surface area contributed by atoms with Crippen LogP contribution < -0.4 is 0 Å². The third kappa shape index (κ3) is 4.16. The lowest BCUT2D eigenvalue weighted by atomic mass is 10.00. The number of ether oxygens (including phenoxy) is 1. The average Bonchev–Trinajstić information content (AvgIpc) is 3.37. The van der Waals surface area contributed by atoms with E-state index < -0.39 is 23.5 Å². The van der Waals surface area contributed by atoms with Gasteiger partial charge in [0.2, 0.25) is 0 Å². The molecule has 0 bridgehead atoms. The van der Waals surface area contributed by atoms with Gasteiger partial charge in [0.15, 0.2) is 0 Å². The van der Waals surface area contributed by atoms with Crippen molar-refractivity contribution in [1.29, 1.82) is 0 Å². The third-order valence-corrected chi connectivity index (χ3v) is 6.37. The molecule has 0 unspecified atom stereocenters. The van der Waals surface area contributed by atoms with Crippen molar-refractivity contribution in [2.75, 3.05) is 39.4 Å². The number of carbonyl (C=O) groups excluding carboxylic acids is 2. The molecule has 1 aromatic carbocycles. The zero-order valence-corrected chi connectivity index (χ0v) is 17.2. The molecule has 3 heterocycles. The Balaban J connectivity index is 1.61. The first-order valence-electron chi connectivity index (χ1n) is 9.94. The van der Waals surface area contributed by atoms with Gasteiger partial charge in [-0.25, -0.2) is 4.39 Å². The number of hydrogen-bond acceptors (Lipinski definition) is 6. The van der Waals surface area contributed by atoms with Gasteiger partial charge in [0.05, 0.1) is 24.8 Å². The van der Waals surface area contributed by atoms with Crippen LogP contribution in [0.5, 0.6) is 0 Å². The highest BCUT2D eigenvalue weighted by Crippen LogP contribution is 2.41. The van der Waals surface area contributed by atoms with Gasteiger partial charge >= 0.3 is 0 Å². The third-order valence-electron chi connectivity index (χ3n) is 5.45. The van der Waals surface area contributed by atoms with E-state index in [1.54, 1.807) is 4.90 Å². The van der Waals surface area contributed by atoms with Gasteiger partial charge in [-0.05, 0) is 42.1 Å². The first-order chi connectivity index (χ1) is 14.6. The number of rotatable bonds is 6. The largest absolute Gasteiger partial charge is 0.507 e. The molecule has 1 atom stereocenters. The van der Waals surface area contributed by atoms with E-state index in [4.69, 9.17) is 4.74 Å². The van der Waals surface area contributed by atoms with Crippen molar-refractivity contribution in [3.05, 3.63) is 63.6 Å². The van der Waals surface area contributed by atoms with E-state index in [0.717, 1.165) is 24.5 Å². The Bertz CT molecular complexity index is 937. The van der Waals surface area contributed by atoms with E-state index in [9.17, 15) is 19.1 Å². The van der Waals surface area contributed by atoms with Crippen molar-refractivity contribution >= 4 is 28.8 Å². The maximum atomic E-state index is 13.3. The molecule has 8 heteroatoms. The fourth-order valence-electron chi connectivity index (χ4n) is 3.91. The summed E-state index contributed by atoms with van der Waals surface area (Å²) < 4.78 is 18.6. The summed E-state index contributed by atoms with van der Waals surface area (Å²) in [5.74, 6) is -2.03. The molecule has 0 radical (unpaired) electrons. The molecule has 158 valence electrons. The van der Waals surface area contributed by atoms with Crippen LogP contribution in [0, 0.1) is 5.82 Å². The number of aliphatic hydroxyl groups excluding tert-OH is 1. The number of carbonyl (C=O) groups is 2. The number of likely N-dealkylation sites (tertiary alicyclic amines) is 1. The number of halogens is 1. The lowest BCUT2D eigenvalue weighted by molar-refractivity contribution is -0.140. The van der Waals surface area contributed by atoms with Crippen molar-refractivity contribution in [2.45, 2.75) is 12.5 Å². The average molecular weight is 431 g/mol. The Morgan fingerprint density at radius 2 is 1.87 bits per heavy atom. The highest BCUT2D eigenvalue weighted by molar-refractivity contribution is 7.10. The summed E-state index contributed by atoms with van der Waals surface area (Å²) in [4.78, 5) is 30.3. The summed E-state index contributed by atoms with van der Waals surface area (Å²) in [6, 6.07) is 8.31. The van der Waals surface area contributed by atoms with Crippen LogP contribution in [0.2, 0.25) is 0 Å². The number of ketones is 1. The number of morpholine rings is 1. The molecule has 2 aliphatic rings. The summed E-state index contributed by atoms with van der Waals surface area (Å²) in [5.41, 5.74) is 0.365. The van der Waals surface area contributed by atoms with Crippen molar-refractivity contribution < 1.29 is 23.8 Å². The van der Waals surface area contributed by atoms with Gasteiger partial charge in [0.1, 0.15) is 11.6 Å². The molecule has 1 amide bonds. The van der Waals surface area contributed by atoms with Crippen LogP contribution in [0.4, 0.5) is 4.39 Å². The van der Waals surface area contributed by atoms with Gasteiger partial charge in [-0.2, -0.15) is 0 Å². The number of Topliss-reactive ketones (excluding diaryl/α,β-unsaturated/α-hetero) is 1. The Morgan fingerprint density at radius 3 is 2.53 bits per heavy atom. The molecule has 2 aromatic rings. The molecule has 2 saturated heterocycles. The van der Waals surface area contributed by atoms with Gasteiger partial charge in [-0.1, -0.05) is 6.07 Å². The van der Waals surface area contributed by atoms with Crippen molar-refractivity contribution in [2.24, 2.45) is 0 Å². The number of hydrogen-bond donors (Lipinski definition) is 1. The number of nitrogens with zero attached hydrogens (tertiary/aromatic N) is 2. The minimum atomic E-state index is -0.707. The number of aliphatic hydroxyl groups is 1. The molecule has 4 rings (SSSR count). The van der Waals surface area contributed by atoms with E-state index in [-0.39, 0.29) is 11.3 Å². The van der Waals surface area contributed by atoms with Crippen molar-refractivity contribution in [3.8, 4) is 0 Å². The molecule has 1 aromatic heterocycles. The molecule has 0 aliphatic carbocycles. The minimum absolute atomic E-state index is 0.0560. The minimum Gasteiger partial charge on any atom is -0.507 e. The van der Waals surface area contributed by atoms with Crippen LogP contribution in [-0.4, -0.2) is 66.0 Å². The molecule has 2 aliphatic heterocycles. The van der Waals surface area contributed by atoms with Crippen molar-refractivity contribution in [3.63, 3.8) is 0 Å². The first kappa shape index (κ1) is 20.7. The number of amides is 1. The van der Waals surface area contributed by atoms with Gasteiger partial charge in [-0.3, -0.25) is 14.5 Å². The van der Waals surface area contributed by atoms with Crippen LogP contribution in [0.15, 0.2) is 47.4 Å². The molecule has 0 spiro atoms. The van der Waals surface area contributed by atoms with E-state index in [0.29, 0.717) is 31.7 Å². The van der Waals surface area contributed by atoms with Gasteiger partial charge < -0.3 is 14.7 Å². The van der Waals surface area contributed by atoms with Crippen LogP contribution in [-0.2, 0) is 14.3 Å². The summed E-state index contributed by atoms with van der Waals surface area (Å²) in [7, 11) is 0. The summed E-state index contributed by atoms with van der Waals surface area (Å²) >= 11 is 1.43. The molecular weight excluding hydrogens is 407 g/mol. The molecule has 0 saturated carbocycles. The van der Waals surface area contributed by atoms with Gasteiger partial charge in [0, 0.05) is 36.6 Å². The fourth-order valence-corrected chi connectivity index (χ4v) is 4.75. The standard InChI is InChI=1S/C22H23FN2O4S/c23-16-6-4-15(5-7-16)20(26)18-19(17-3-1-14-30-17)25(22(28)21(18)27)9-2-8-24-10-12-29-13-11-24/h1,3-7,14,19,26H,2,8-13H2/t19-/m0/s1. The smallest absolute Gasteiger partial charge is 0.295 e. The maximum Gasteiger partial charge on any atom is 0.295 e. The fraction of sp³-hybridized carbons (Fsp3) is 0.364. The summed E-state index contributed by atoms with van der Waals surface area (Å²) in [5, 5.41) is 12.7. The van der Waals surface area contributed by atoms with Crippen LogP contribution in [0.25, 0.3) is 5.76 Å². The van der Waals surface area contributed by atoms with E-state index in [1.807, 2.05) is 17.5 Å². The van der Waals surface area contributed by atoms with Crippen LogP contribution in [0.1, 0.15) is 22.9 Å². The first-order valence-corrected chi connectivity index (χ1v) is 10.8. The monoisotopic (exact) mass is 430 g/mol. The molecule has 6 nitrogen and oxygen atoms in total. The zero-order valence-electron chi connectivity index (χ0n) is 16.4. The second-order valence-electron chi connectivity index (χ2n) is 7.32. The lowest BCUT2D eigenvalue weighted by Crippen LogP contribution is -2.38. The Kier molecular flexibility index (Phi) is 6.26. The number of thiophene rings is 1. The lowest BCUT2D eigenvalue weighted by Gasteiger charge is -2.28. The Labute approximate surface area is 178 Å². The highest BCUT2D eigenvalue weighted by Gasteiger charge is 2.46. The maximum absolute atomic E-state index is 13.3. The quantitative estimate of drug-likeness (QED) is 0.433. The predicted octanol–water partition coefficient (Wildman–Crippen LogP) is 3.03. The Morgan fingerprint density at radius 1 is 1.13 bits per heavy atom. The molecular formula is C22H23FN2O4S. The normalized spacial score (nSPS) is 22.0. The van der Waals surface area contributed by atoms with Crippen molar-refractivity contribution in [1.82, 2.24) is 9.80 Å². The topological polar surface area (TPSA) is 70.1 Å². The number of benzene rings is 1. The van der Waals surface area contributed by atoms with E-state index >= 15 is 0 Å². The predicted molar refractivity (Wildman–Crippen MR) is 112 cm³/mol. The van der Waals surface area contributed by atoms with Gasteiger partial charge in [-0.15, -0.1) is 11.3 Å². The SMILES string of the molecule is O=C1C(=O)N(CCCN2CCOCC2)[C@@H](c2cccs2)C1=C(O)c1ccc(F)cc1. The van der Waals surface area contributed by atoms with E-state index in [1.165, 1.54) is 35.6 Å². The zero-order chi connectivity index (χ0) is 21.1. The van der Waals surface area contributed by atoms with E-state index in [2.05, 4.69) is 4.90 Å². The highest BCUT2D eigenvalue weighted by atomic mass is 32.1. The second-order valence-corrected chi connectivity index (χ2v) is 8.30. The molecule has 1 N–H and O–H groups in total. The molecule has 30 heavy (non-hydrogen) atoms. The van der Waals surface area contributed by atoms with Crippen LogP contribution >= 0.6 is 11.3 Å². The van der Waals surface area contributed by atoms with Crippen LogP contribution in [0.3, 0.4) is 0 Å². The Hall–Kier alpha value is -2.55. The summed E-state index contributed by atoms with van der Waals surface area (Å²) in [6.07, 6.45) is 0.714. The second kappa shape index (κ2) is 9.07.